The van der Waals surface area contributed by atoms with Gasteiger partial charge in [0, 0.05) is 25.1 Å². The first-order chi connectivity index (χ1) is 35.9. The Balaban J connectivity index is 0.928. The minimum atomic E-state index is -1.02. The van der Waals surface area contributed by atoms with E-state index in [2.05, 4.69) is 17.6 Å². The van der Waals surface area contributed by atoms with Gasteiger partial charge in [0.25, 0.3) is 11.8 Å². The molecule has 1 aromatic carbocycles. The van der Waals surface area contributed by atoms with Crippen molar-refractivity contribution >= 4 is 35.3 Å². The number of benzene rings is 1. The van der Waals surface area contributed by atoms with E-state index in [0.29, 0.717) is 164 Å². The van der Waals surface area contributed by atoms with Crippen LogP contribution in [0.2, 0.25) is 0 Å². The highest BCUT2D eigenvalue weighted by Crippen LogP contribution is 2.32. The summed E-state index contributed by atoms with van der Waals surface area (Å²) in [5.74, 6) is -2.32. The largest absolute Gasteiger partial charge is 0.463 e. The Morgan fingerprint density at radius 2 is 0.890 bits per heavy atom. The monoisotopic (exact) mass is 1040 g/mol. The molecule has 418 valence electrons. The lowest BCUT2D eigenvalue weighted by Crippen LogP contribution is -2.54. The third-order valence-electron chi connectivity index (χ3n) is 11.7. The van der Waals surface area contributed by atoms with Crippen LogP contribution in [-0.2, 0) is 71.2 Å². The third-order valence-corrected chi connectivity index (χ3v) is 11.7. The number of fused-ring (bicyclic) bond motifs is 1. The van der Waals surface area contributed by atoms with Gasteiger partial charge in [-0.2, -0.15) is 0 Å². The number of esters is 1. The molecule has 1 atom stereocenters. The van der Waals surface area contributed by atoms with Crippen LogP contribution < -0.4 is 10.6 Å². The highest BCUT2D eigenvalue weighted by atomic mass is 16.6. The molecule has 1 unspecified atom stereocenters. The molecular weight excluding hydrogens is 951 g/mol. The highest BCUT2D eigenvalue weighted by molar-refractivity contribution is 6.25. The number of unbranched alkanes of at least 4 members (excludes halogenated alkanes) is 12. The summed E-state index contributed by atoms with van der Waals surface area (Å²) < 4.78 is 66.0. The fourth-order valence-corrected chi connectivity index (χ4v) is 7.80. The number of carbonyl (C=O) groups excluding carboxylic acids is 5. The Labute approximate surface area is 434 Å². The molecule has 20 nitrogen and oxygen atoms in total. The van der Waals surface area contributed by atoms with Crippen LogP contribution in [0.1, 0.15) is 130 Å². The van der Waals surface area contributed by atoms with Gasteiger partial charge in [-0.05, 0) is 25.0 Å². The first-order valence-electron chi connectivity index (χ1n) is 27.0. The van der Waals surface area contributed by atoms with Crippen molar-refractivity contribution in [1.29, 1.82) is 0 Å². The average Bonchev–Trinajstić information content (AvgIpc) is 3.64. The van der Waals surface area contributed by atoms with Gasteiger partial charge in [0.2, 0.25) is 11.8 Å². The second-order valence-electron chi connectivity index (χ2n) is 17.6. The molecule has 2 aliphatic heterocycles. The van der Waals surface area contributed by atoms with E-state index in [1.807, 2.05) is 0 Å². The number of rotatable bonds is 52. The van der Waals surface area contributed by atoms with Gasteiger partial charge in [-0.1, -0.05) is 90.0 Å². The number of ether oxygens (including phenoxy) is 12. The Bertz CT molecular complexity index is 1610. The zero-order chi connectivity index (χ0) is 52.1. The molecule has 1 aromatic rings. The number of carbonyl (C=O) groups is 5. The Kier molecular flexibility index (Phi) is 38.9. The quantitative estimate of drug-likeness (QED) is 0.0453. The number of hydrogen-bond donors (Lipinski definition) is 2. The first-order valence-corrected chi connectivity index (χ1v) is 27.0. The molecule has 0 aliphatic carbocycles. The average molecular weight is 1040 g/mol. The van der Waals surface area contributed by atoms with E-state index < -0.39 is 29.7 Å². The van der Waals surface area contributed by atoms with Gasteiger partial charge in [0.1, 0.15) is 12.6 Å². The predicted molar refractivity (Wildman–Crippen MR) is 272 cm³/mol. The van der Waals surface area contributed by atoms with Gasteiger partial charge in [-0.15, -0.1) is 0 Å². The van der Waals surface area contributed by atoms with Gasteiger partial charge in [-0.25, -0.2) is 0 Å². The van der Waals surface area contributed by atoms with Crippen molar-refractivity contribution in [3.63, 3.8) is 0 Å². The number of hydrogen-bond acceptors (Lipinski definition) is 18. The fourth-order valence-electron chi connectivity index (χ4n) is 7.80. The second kappa shape index (κ2) is 44.6. The number of amides is 4. The maximum atomic E-state index is 13.2. The SMILES string of the molecule is CCCCCCCCCCCCCCCC(=O)OCCOCCOCCOCCOCCOCCOCCOCCOCCOCCOCCOCCNc1cccc2c1C(=O)N(C1CCC(=O)NC1=O)C2=O. The van der Waals surface area contributed by atoms with Crippen LogP contribution in [0.5, 0.6) is 0 Å². The minimum absolute atomic E-state index is 0.0622. The number of nitrogens with zero attached hydrogens (tertiary/aromatic N) is 1. The van der Waals surface area contributed by atoms with Crippen LogP contribution in [-0.4, -0.2) is 199 Å². The molecule has 0 bridgehead atoms. The van der Waals surface area contributed by atoms with Crippen molar-refractivity contribution in [2.45, 2.75) is 116 Å². The zero-order valence-electron chi connectivity index (χ0n) is 44.0. The van der Waals surface area contributed by atoms with Gasteiger partial charge >= 0.3 is 5.97 Å². The number of nitrogens with one attached hydrogen (secondary N) is 2. The molecule has 73 heavy (non-hydrogen) atoms. The molecule has 0 saturated carbocycles. The van der Waals surface area contributed by atoms with Gasteiger partial charge in [-0.3, -0.25) is 34.2 Å². The fraction of sp³-hybridized carbons (Fsp3) is 0.792. The number of piperidine rings is 1. The van der Waals surface area contributed by atoms with Crippen molar-refractivity contribution in [3.8, 4) is 0 Å². The van der Waals surface area contributed by atoms with Crippen molar-refractivity contribution in [1.82, 2.24) is 10.2 Å². The summed E-state index contributed by atoms with van der Waals surface area (Å²) in [4.78, 5) is 62.9. The van der Waals surface area contributed by atoms with Crippen molar-refractivity contribution in [2.75, 3.05) is 164 Å². The number of anilines is 1. The number of imide groups is 2. The zero-order valence-corrected chi connectivity index (χ0v) is 44.0. The van der Waals surface area contributed by atoms with Gasteiger partial charge in [0.15, 0.2) is 0 Å². The summed E-state index contributed by atoms with van der Waals surface area (Å²) in [7, 11) is 0. The maximum absolute atomic E-state index is 13.2. The molecule has 0 aromatic heterocycles. The molecule has 3 rings (SSSR count). The standard InChI is InChI=1S/C53H89N3O17/c1-2-3-4-5-6-7-8-9-10-11-12-13-14-18-49(58)73-44-43-72-42-41-71-40-39-70-38-37-69-36-35-68-34-33-67-32-31-66-30-29-65-28-27-64-26-25-63-24-23-62-22-21-54-46-17-15-16-45-50(46)53(61)56(52(45)60)47-19-20-48(57)55-51(47)59/h15-17,47,54H,2-14,18-44H2,1H3,(H,55,57,59). The lowest BCUT2D eigenvalue weighted by atomic mass is 10.0. The summed E-state index contributed by atoms with van der Waals surface area (Å²) in [5, 5.41) is 5.34. The van der Waals surface area contributed by atoms with E-state index in [9.17, 15) is 24.0 Å². The van der Waals surface area contributed by atoms with E-state index in [-0.39, 0.29) is 36.5 Å². The van der Waals surface area contributed by atoms with Crippen LogP contribution >= 0.6 is 0 Å². The van der Waals surface area contributed by atoms with Crippen molar-refractivity contribution < 1.29 is 80.8 Å². The minimum Gasteiger partial charge on any atom is -0.463 e. The summed E-state index contributed by atoms with van der Waals surface area (Å²) in [5.41, 5.74) is 0.898. The molecule has 2 N–H and O–H groups in total. The van der Waals surface area contributed by atoms with E-state index in [1.165, 1.54) is 70.6 Å². The van der Waals surface area contributed by atoms with E-state index in [4.69, 9.17) is 56.8 Å². The molecule has 1 fully saturated rings. The lowest BCUT2D eigenvalue weighted by Gasteiger charge is -2.27. The molecule has 0 spiro atoms. The first kappa shape index (κ1) is 63.6. The van der Waals surface area contributed by atoms with Crippen LogP contribution in [0.25, 0.3) is 0 Å². The molecular formula is C53H89N3O17. The van der Waals surface area contributed by atoms with Crippen LogP contribution in [0.4, 0.5) is 5.69 Å². The Hall–Kier alpha value is -3.67. The van der Waals surface area contributed by atoms with Crippen molar-refractivity contribution in [3.05, 3.63) is 29.3 Å². The summed E-state index contributed by atoms with van der Waals surface area (Å²) in [6, 6.07) is 3.90. The van der Waals surface area contributed by atoms with Crippen LogP contribution in [0, 0.1) is 0 Å². The smallest absolute Gasteiger partial charge is 0.305 e. The summed E-state index contributed by atoms with van der Waals surface area (Å²) in [6.45, 7) is 12.6. The molecule has 2 aliphatic rings. The van der Waals surface area contributed by atoms with E-state index in [0.717, 1.165) is 17.7 Å². The molecule has 4 amide bonds. The summed E-state index contributed by atoms with van der Waals surface area (Å²) >= 11 is 0. The maximum Gasteiger partial charge on any atom is 0.305 e. The normalized spacial score (nSPS) is 14.6. The van der Waals surface area contributed by atoms with Crippen LogP contribution in [0.3, 0.4) is 0 Å². The second-order valence-corrected chi connectivity index (χ2v) is 17.6. The Morgan fingerprint density at radius 1 is 0.507 bits per heavy atom. The van der Waals surface area contributed by atoms with Gasteiger partial charge < -0.3 is 62.2 Å². The van der Waals surface area contributed by atoms with Crippen molar-refractivity contribution in [2.24, 2.45) is 0 Å². The lowest BCUT2D eigenvalue weighted by molar-refractivity contribution is -0.145. The van der Waals surface area contributed by atoms with E-state index >= 15 is 0 Å². The third kappa shape index (κ3) is 31.1. The predicted octanol–water partition coefficient (Wildman–Crippen LogP) is 5.71. The van der Waals surface area contributed by atoms with E-state index in [1.54, 1.807) is 18.2 Å². The highest BCUT2D eigenvalue weighted by Gasteiger charge is 2.45. The topological polar surface area (TPSA) is 223 Å². The van der Waals surface area contributed by atoms with Gasteiger partial charge in [0.05, 0.1) is 156 Å². The molecule has 20 heteroatoms. The Morgan fingerprint density at radius 3 is 1.30 bits per heavy atom. The van der Waals surface area contributed by atoms with Crippen LogP contribution in [0.15, 0.2) is 18.2 Å². The molecule has 1 saturated heterocycles. The summed E-state index contributed by atoms with van der Waals surface area (Å²) in [6.07, 6.45) is 17.3. The molecule has 0 radical (unpaired) electrons. The molecule has 2 heterocycles.